The molecular formula is C14H12FN3O2. The van der Waals surface area contributed by atoms with Crippen LogP contribution in [0.5, 0.6) is 5.75 Å². The average Bonchev–Trinajstić information content (AvgIpc) is 2.47. The molecule has 1 aromatic carbocycles. The van der Waals surface area contributed by atoms with Crippen LogP contribution in [0.15, 0.2) is 47.8 Å². The van der Waals surface area contributed by atoms with E-state index >= 15 is 0 Å². The number of hydrogen-bond donors (Lipinski definition) is 2. The average molecular weight is 273 g/mol. The number of carbonyl (C=O) groups is 1. The van der Waals surface area contributed by atoms with Crippen molar-refractivity contribution in [2.75, 3.05) is 0 Å². The van der Waals surface area contributed by atoms with Gasteiger partial charge in [0, 0.05) is 18.0 Å². The lowest BCUT2D eigenvalue weighted by Crippen LogP contribution is -2.19. The second kappa shape index (κ2) is 5.92. The normalized spacial score (nSPS) is 11.2. The fourth-order valence-corrected chi connectivity index (χ4v) is 1.55. The first kappa shape index (κ1) is 13.7. The second-order valence-corrected chi connectivity index (χ2v) is 4.04. The fraction of sp³-hybridized carbons (Fsp3) is 0.0714. The van der Waals surface area contributed by atoms with E-state index in [1.54, 1.807) is 25.3 Å². The van der Waals surface area contributed by atoms with Crippen molar-refractivity contribution in [1.82, 2.24) is 10.4 Å². The van der Waals surface area contributed by atoms with Crippen LogP contribution in [0, 0.1) is 5.82 Å². The van der Waals surface area contributed by atoms with Crippen LogP contribution in [-0.2, 0) is 0 Å². The molecule has 1 heterocycles. The molecule has 2 aromatic rings. The fourth-order valence-electron chi connectivity index (χ4n) is 1.55. The van der Waals surface area contributed by atoms with Crippen molar-refractivity contribution in [2.24, 2.45) is 5.10 Å². The standard InChI is InChI=1S/C14H12FN3O2/c1-9(12-7-11(15)4-5-13(12)19)17-18-14(20)10-3-2-6-16-8-10/h2-8,19H,1H3,(H,18,20)/b17-9+. The van der Waals surface area contributed by atoms with Crippen LogP contribution >= 0.6 is 0 Å². The van der Waals surface area contributed by atoms with Crippen molar-refractivity contribution in [3.8, 4) is 5.75 Å². The maximum Gasteiger partial charge on any atom is 0.272 e. The number of nitrogens with zero attached hydrogens (tertiary/aromatic N) is 2. The SMILES string of the molecule is C/C(=N\NC(=O)c1cccnc1)c1cc(F)ccc1O. The van der Waals surface area contributed by atoms with Crippen molar-refractivity contribution in [2.45, 2.75) is 6.92 Å². The molecule has 6 heteroatoms. The van der Waals surface area contributed by atoms with E-state index in [0.29, 0.717) is 11.3 Å². The van der Waals surface area contributed by atoms with Crippen LogP contribution in [0.2, 0.25) is 0 Å². The molecule has 0 fully saturated rings. The molecule has 0 unspecified atom stereocenters. The van der Waals surface area contributed by atoms with E-state index in [-0.39, 0.29) is 11.3 Å². The Morgan fingerprint density at radius 3 is 2.90 bits per heavy atom. The Bertz CT molecular complexity index is 657. The molecule has 2 rings (SSSR count). The molecule has 0 bridgehead atoms. The second-order valence-electron chi connectivity index (χ2n) is 4.04. The highest BCUT2D eigenvalue weighted by Crippen LogP contribution is 2.18. The zero-order valence-electron chi connectivity index (χ0n) is 10.7. The molecule has 2 N–H and O–H groups in total. The van der Waals surface area contributed by atoms with Gasteiger partial charge in [-0.1, -0.05) is 0 Å². The molecule has 1 amide bonds. The smallest absolute Gasteiger partial charge is 0.272 e. The van der Waals surface area contributed by atoms with E-state index in [1.807, 2.05) is 0 Å². The number of aromatic hydroxyl groups is 1. The minimum Gasteiger partial charge on any atom is -0.507 e. The number of phenols is 1. The summed E-state index contributed by atoms with van der Waals surface area (Å²) in [5.41, 5.74) is 3.18. The van der Waals surface area contributed by atoms with Gasteiger partial charge >= 0.3 is 0 Å². The predicted molar refractivity (Wildman–Crippen MR) is 72.0 cm³/mol. The summed E-state index contributed by atoms with van der Waals surface area (Å²) < 4.78 is 13.1. The molecule has 20 heavy (non-hydrogen) atoms. The summed E-state index contributed by atoms with van der Waals surface area (Å²) >= 11 is 0. The van der Waals surface area contributed by atoms with Gasteiger partial charge in [-0.25, -0.2) is 9.82 Å². The Kier molecular flexibility index (Phi) is 4.05. The largest absolute Gasteiger partial charge is 0.507 e. The van der Waals surface area contributed by atoms with Crippen molar-refractivity contribution in [3.63, 3.8) is 0 Å². The van der Waals surface area contributed by atoms with E-state index in [4.69, 9.17) is 0 Å². The van der Waals surface area contributed by atoms with E-state index in [9.17, 15) is 14.3 Å². The quantitative estimate of drug-likeness (QED) is 0.664. The first-order valence-corrected chi connectivity index (χ1v) is 5.81. The highest BCUT2D eigenvalue weighted by atomic mass is 19.1. The maximum absolute atomic E-state index is 13.1. The number of carbonyl (C=O) groups excluding carboxylic acids is 1. The Labute approximate surface area is 114 Å². The number of hydrogen-bond acceptors (Lipinski definition) is 4. The van der Waals surface area contributed by atoms with Gasteiger partial charge in [-0.05, 0) is 37.3 Å². The molecule has 0 spiro atoms. The minimum atomic E-state index is -0.495. The van der Waals surface area contributed by atoms with Crippen molar-refractivity contribution < 1.29 is 14.3 Å². The van der Waals surface area contributed by atoms with Crippen LogP contribution in [0.25, 0.3) is 0 Å². The van der Waals surface area contributed by atoms with Gasteiger partial charge in [-0.2, -0.15) is 5.10 Å². The summed E-state index contributed by atoms with van der Waals surface area (Å²) in [6.07, 6.45) is 2.95. The predicted octanol–water partition coefficient (Wildman–Crippen LogP) is 2.08. The first-order valence-electron chi connectivity index (χ1n) is 5.81. The number of benzene rings is 1. The zero-order valence-corrected chi connectivity index (χ0v) is 10.7. The Hall–Kier alpha value is -2.76. The van der Waals surface area contributed by atoms with Gasteiger partial charge in [-0.15, -0.1) is 0 Å². The number of phenolic OH excluding ortho intramolecular Hbond substituents is 1. The summed E-state index contributed by atoms with van der Waals surface area (Å²) in [4.78, 5) is 15.6. The number of aromatic nitrogens is 1. The van der Waals surface area contributed by atoms with Gasteiger partial charge in [-0.3, -0.25) is 9.78 Å². The van der Waals surface area contributed by atoms with Gasteiger partial charge in [0.25, 0.3) is 5.91 Å². The van der Waals surface area contributed by atoms with Gasteiger partial charge in [0.2, 0.25) is 0 Å². The zero-order chi connectivity index (χ0) is 14.5. The number of halogens is 1. The molecule has 0 radical (unpaired) electrons. The lowest BCUT2D eigenvalue weighted by Gasteiger charge is -2.05. The number of nitrogens with one attached hydrogen (secondary N) is 1. The molecular weight excluding hydrogens is 261 g/mol. The molecule has 0 saturated heterocycles. The molecule has 0 aliphatic carbocycles. The molecule has 5 nitrogen and oxygen atoms in total. The number of rotatable bonds is 3. The molecule has 0 aliphatic rings. The number of pyridine rings is 1. The third-order valence-corrected chi connectivity index (χ3v) is 2.60. The molecule has 0 saturated carbocycles. The lowest BCUT2D eigenvalue weighted by atomic mass is 10.1. The van der Waals surface area contributed by atoms with Crippen LogP contribution in [0.3, 0.4) is 0 Å². The Morgan fingerprint density at radius 1 is 1.40 bits per heavy atom. The van der Waals surface area contributed by atoms with E-state index < -0.39 is 11.7 Å². The molecule has 0 atom stereocenters. The maximum atomic E-state index is 13.1. The summed E-state index contributed by atoms with van der Waals surface area (Å²) in [6, 6.07) is 6.73. The summed E-state index contributed by atoms with van der Waals surface area (Å²) in [7, 11) is 0. The Morgan fingerprint density at radius 2 is 2.20 bits per heavy atom. The van der Waals surface area contributed by atoms with E-state index in [0.717, 1.165) is 12.1 Å². The van der Waals surface area contributed by atoms with Gasteiger partial charge in [0.05, 0.1) is 11.3 Å². The van der Waals surface area contributed by atoms with Gasteiger partial charge in [0.15, 0.2) is 0 Å². The summed E-state index contributed by atoms with van der Waals surface area (Å²) in [5, 5.41) is 13.5. The highest BCUT2D eigenvalue weighted by Gasteiger charge is 2.08. The van der Waals surface area contributed by atoms with E-state index in [1.165, 1.54) is 12.3 Å². The van der Waals surface area contributed by atoms with Crippen molar-refractivity contribution >= 4 is 11.6 Å². The van der Waals surface area contributed by atoms with Crippen LogP contribution < -0.4 is 5.43 Å². The first-order chi connectivity index (χ1) is 9.58. The third-order valence-electron chi connectivity index (χ3n) is 2.60. The molecule has 0 aliphatic heterocycles. The van der Waals surface area contributed by atoms with Crippen molar-refractivity contribution in [3.05, 3.63) is 59.7 Å². The van der Waals surface area contributed by atoms with E-state index in [2.05, 4.69) is 15.5 Å². The monoisotopic (exact) mass is 273 g/mol. The van der Waals surface area contributed by atoms with Gasteiger partial charge in [0.1, 0.15) is 11.6 Å². The highest BCUT2D eigenvalue weighted by molar-refractivity contribution is 6.02. The van der Waals surface area contributed by atoms with Crippen LogP contribution in [-0.4, -0.2) is 21.7 Å². The van der Waals surface area contributed by atoms with Crippen molar-refractivity contribution in [1.29, 1.82) is 0 Å². The lowest BCUT2D eigenvalue weighted by molar-refractivity contribution is 0.0954. The molecule has 102 valence electrons. The van der Waals surface area contributed by atoms with Crippen LogP contribution in [0.1, 0.15) is 22.8 Å². The number of amides is 1. The minimum absolute atomic E-state index is 0.108. The Balaban J connectivity index is 2.15. The van der Waals surface area contributed by atoms with Gasteiger partial charge < -0.3 is 5.11 Å². The molecule has 1 aromatic heterocycles. The van der Waals surface area contributed by atoms with Crippen LogP contribution in [0.4, 0.5) is 4.39 Å². The number of hydrazone groups is 1. The summed E-state index contributed by atoms with van der Waals surface area (Å²) in [6.45, 7) is 1.55. The topological polar surface area (TPSA) is 74.6 Å². The third kappa shape index (κ3) is 3.17. The summed E-state index contributed by atoms with van der Waals surface area (Å²) in [5.74, 6) is -1.04.